The molecule has 0 saturated heterocycles. The molecule has 0 spiro atoms. The van der Waals surface area contributed by atoms with Crippen LogP contribution in [0.15, 0.2) is 78.3 Å². The lowest BCUT2D eigenvalue weighted by atomic mass is 10.3. The quantitative estimate of drug-likeness (QED) is 0.203. The van der Waals surface area contributed by atoms with Gasteiger partial charge in [-0.15, -0.1) is 0 Å². The number of allylic oxidation sites excluding steroid dienone is 3. The Labute approximate surface area is 261 Å². The normalized spacial score (nSPS) is 23.0. The molecule has 0 aromatic rings. The van der Waals surface area contributed by atoms with Crippen molar-refractivity contribution in [3.05, 3.63) is 78.3 Å². The maximum atomic E-state index is 12.1. The number of hydrogen-bond acceptors (Lipinski definition) is 16. The maximum absolute atomic E-state index is 12.1. The highest BCUT2D eigenvalue weighted by Gasteiger charge is 2.34. The molecule has 0 aromatic carbocycles. The van der Waals surface area contributed by atoms with Gasteiger partial charge in [0.25, 0.3) is 0 Å². The number of thioether (sulfide) groups is 10. The number of rotatable bonds is 5. The zero-order valence-electron chi connectivity index (χ0n) is 19.4. The molecule has 0 N–H and O–H groups in total. The van der Waals surface area contributed by atoms with Gasteiger partial charge >= 0.3 is 17.9 Å². The van der Waals surface area contributed by atoms with E-state index in [1.807, 2.05) is 11.5 Å². The third kappa shape index (κ3) is 6.65. The van der Waals surface area contributed by atoms with Gasteiger partial charge in [-0.3, -0.25) is 0 Å². The Kier molecular flexibility index (Phi) is 10.2. The van der Waals surface area contributed by atoms with Gasteiger partial charge in [0.15, 0.2) is 0 Å². The summed E-state index contributed by atoms with van der Waals surface area (Å²) in [5.74, 6) is -1.02. The van der Waals surface area contributed by atoms with Crippen LogP contribution in [0.25, 0.3) is 0 Å². The van der Waals surface area contributed by atoms with Gasteiger partial charge in [0, 0.05) is 0 Å². The molecule has 0 unspecified atom stereocenters. The number of ether oxygens (including phenoxy) is 3. The van der Waals surface area contributed by atoms with Crippen LogP contribution in [-0.2, 0) is 28.6 Å². The average molecular weight is 695 g/mol. The third-order valence-electron chi connectivity index (χ3n) is 4.48. The van der Waals surface area contributed by atoms with Gasteiger partial charge in [0.05, 0.1) is 51.0 Å². The van der Waals surface area contributed by atoms with Crippen LogP contribution in [0, 0.1) is 0 Å². The molecule has 198 valence electrons. The summed E-state index contributed by atoms with van der Waals surface area (Å²) in [4.78, 5) is 37.5. The van der Waals surface area contributed by atoms with E-state index in [9.17, 15) is 14.4 Å². The first-order valence-corrected chi connectivity index (χ1v) is 18.5. The average Bonchev–Trinajstić information content (AvgIpc) is 3.74. The molecule has 0 aliphatic carbocycles. The summed E-state index contributed by atoms with van der Waals surface area (Å²) in [7, 11) is 4.14. The molecule has 0 radical (unpaired) electrons. The van der Waals surface area contributed by atoms with Crippen molar-refractivity contribution in [2.45, 2.75) is 0 Å². The van der Waals surface area contributed by atoms with E-state index in [0.29, 0.717) is 14.7 Å². The topological polar surface area (TPSA) is 78.9 Å². The van der Waals surface area contributed by atoms with Crippen molar-refractivity contribution in [3.8, 4) is 0 Å². The zero-order chi connectivity index (χ0) is 26.8. The Bertz CT molecular complexity index is 1360. The van der Waals surface area contributed by atoms with E-state index in [1.165, 1.54) is 92.9 Å². The van der Waals surface area contributed by atoms with Crippen LogP contribution in [0.4, 0.5) is 0 Å². The van der Waals surface area contributed by atoms with E-state index in [2.05, 4.69) is 6.08 Å². The number of hydrogen-bond donors (Lipinski definition) is 0. The third-order valence-corrected chi connectivity index (χ3v) is 17.5. The van der Waals surface area contributed by atoms with Crippen molar-refractivity contribution in [3.63, 3.8) is 0 Å². The standard InChI is InChI=1S/C22H14O6S10/c1-26-15(23)10-6-29-13(32-10)4-9(18-30-7-11(33-18)16(24)27-2)5-14-35-21-22(36-14)38-20(37-21)19-31-8-12(34-19)17(25)28-3/h4-8H,1-3H3/b13-4+,14-5?,18-9-,20-19?. The van der Waals surface area contributed by atoms with Crippen LogP contribution >= 0.6 is 118 Å². The molecule has 5 aliphatic heterocycles. The fraction of sp³-hybridized carbons (Fsp3) is 0.136. The van der Waals surface area contributed by atoms with E-state index < -0.39 is 0 Å². The Morgan fingerprint density at radius 3 is 1.68 bits per heavy atom. The van der Waals surface area contributed by atoms with Crippen LogP contribution in [0.1, 0.15) is 0 Å². The predicted octanol–water partition coefficient (Wildman–Crippen LogP) is 8.58. The zero-order valence-corrected chi connectivity index (χ0v) is 27.6. The molecule has 16 heteroatoms. The first-order valence-electron chi connectivity index (χ1n) is 10.1. The Hall–Kier alpha value is -0.170. The monoisotopic (exact) mass is 694 g/mol. The molecule has 6 nitrogen and oxygen atoms in total. The summed E-state index contributed by atoms with van der Waals surface area (Å²) in [6.07, 6.45) is 4.17. The fourth-order valence-electron chi connectivity index (χ4n) is 2.79. The molecule has 5 rings (SSSR count). The largest absolute Gasteiger partial charge is 0.465 e. The van der Waals surface area contributed by atoms with Crippen molar-refractivity contribution in [1.29, 1.82) is 0 Å². The lowest BCUT2D eigenvalue weighted by molar-refractivity contribution is -0.136. The molecule has 0 amide bonds. The number of carbonyl (C=O) groups excluding carboxylic acids is 3. The Morgan fingerprint density at radius 2 is 1.05 bits per heavy atom. The minimum absolute atomic E-state index is 0.310. The first kappa shape index (κ1) is 29.3. The van der Waals surface area contributed by atoms with Gasteiger partial charge in [-0.05, 0) is 33.9 Å². The molecule has 0 bridgehead atoms. The SMILES string of the molecule is COC(=O)C1=CSC(=C2SC3=C(SC(=CC(/C=C4\SC=C(C(=O)OC)S4)=C4/SC=C(C(=O)OC)S4)S3)S2)S1. The van der Waals surface area contributed by atoms with E-state index in [0.717, 1.165) is 22.5 Å². The van der Waals surface area contributed by atoms with Crippen molar-refractivity contribution in [2.24, 2.45) is 0 Å². The van der Waals surface area contributed by atoms with E-state index in [4.69, 9.17) is 14.2 Å². The summed E-state index contributed by atoms with van der Waals surface area (Å²) in [5.41, 5.74) is 0.961. The van der Waals surface area contributed by atoms with Crippen molar-refractivity contribution in [2.75, 3.05) is 21.3 Å². The molecule has 0 aromatic heterocycles. The smallest absolute Gasteiger partial charge is 0.345 e. The van der Waals surface area contributed by atoms with Gasteiger partial charge in [0.1, 0.15) is 14.7 Å². The Morgan fingerprint density at radius 1 is 0.553 bits per heavy atom. The summed E-state index contributed by atoms with van der Waals surface area (Å²) in [6, 6.07) is 0. The minimum atomic E-state index is -0.359. The van der Waals surface area contributed by atoms with E-state index in [-0.39, 0.29) is 17.9 Å². The molecular formula is C22H14O6S10. The summed E-state index contributed by atoms with van der Waals surface area (Å²) >= 11 is 15.6. The van der Waals surface area contributed by atoms with Crippen molar-refractivity contribution >= 4 is 136 Å². The van der Waals surface area contributed by atoms with Crippen molar-refractivity contribution < 1.29 is 28.6 Å². The van der Waals surface area contributed by atoms with Gasteiger partial charge < -0.3 is 14.2 Å². The summed E-state index contributed by atoms with van der Waals surface area (Å²) in [5, 5.41) is 5.44. The first-order chi connectivity index (χ1) is 18.4. The van der Waals surface area contributed by atoms with Gasteiger partial charge in [-0.2, -0.15) is 0 Å². The molecule has 0 fully saturated rings. The van der Waals surface area contributed by atoms with Crippen LogP contribution in [0.2, 0.25) is 0 Å². The second-order valence-electron chi connectivity index (χ2n) is 6.81. The molecule has 0 saturated carbocycles. The van der Waals surface area contributed by atoms with E-state index in [1.54, 1.807) is 69.6 Å². The van der Waals surface area contributed by atoms with Crippen LogP contribution in [0.3, 0.4) is 0 Å². The molecular weight excluding hydrogens is 681 g/mol. The van der Waals surface area contributed by atoms with E-state index >= 15 is 0 Å². The second-order valence-corrected chi connectivity index (χ2v) is 18.6. The number of esters is 3. The second kappa shape index (κ2) is 13.2. The highest BCUT2D eigenvalue weighted by atomic mass is 32.3. The lowest BCUT2D eigenvalue weighted by Gasteiger charge is -2.08. The molecule has 5 heterocycles. The highest BCUT2D eigenvalue weighted by Crippen LogP contribution is 2.69. The fourth-order valence-corrected chi connectivity index (χ4v) is 15.7. The summed E-state index contributed by atoms with van der Waals surface area (Å²) < 4.78 is 22.3. The molecule has 38 heavy (non-hydrogen) atoms. The van der Waals surface area contributed by atoms with Crippen LogP contribution in [0.5, 0.6) is 0 Å². The summed E-state index contributed by atoms with van der Waals surface area (Å²) in [6.45, 7) is 0. The Balaban J connectivity index is 1.32. The molecule has 0 atom stereocenters. The maximum Gasteiger partial charge on any atom is 0.345 e. The van der Waals surface area contributed by atoms with Crippen LogP contribution < -0.4 is 0 Å². The lowest BCUT2D eigenvalue weighted by Crippen LogP contribution is -1.99. The minimum Gasteiger partial charge on any atom is -0.465 e. The molecule has 5 aliphatic rings. The number of methoxy groups -OCH3 is 3. The highest BCUT2D eigenvalue weighted by molar-refractivity contribution is 8.49. The van der Waals surface area contributed by atoms with Gasteiger partial charge in [0.2, 0.25) is 0 Å². The predicted molar refractivity (Wildman–Crippen MR) is 173 cm³/mol. The van der Waals surface area contributed by atoms with Gasteiger partial charge in [-0.25, -0.2) is 14.4 Å². The van der Waals surface area contributed by atoms with Gasteiger partial charge in [-0.1, -0.05) is 118 Å². The van der Waals surface area contributed by atoms with Crippen LogP contribution in [-0.4, -0.2) is 39.2 Å². The van der Waals surface area contributed by atoms with Crippen molar-refractivity contribution in [1.82, 2.24) is 0 Å². The number of carbonyl (C=O) groups is 3.